The Hall–Kier alpha value is -3.13. The van der Waals surface area contributed by atoms with Crippen molar-refractivity contribution < 1.29 is 4.57 Å². The number of pyridine rings is 1. The molecule has 4 rings (SSSR count). The zero-order valence-corrected chi connectivity index (χ0v) is 14.3. The average Bonchev–Trinajstić information content (AvgIpc) is 2.69. The summed E-state index contributed by atoms with van der Waals surface area (Å²) in [6, 6.07) is 23.3. The maximum Gasteiger partial charge on any atom is 0.210 e. The highest BCUT2D eigenvalue weighted by molar-refractivity contribution is 5.94. The number of allylic oxidation sites excluding steroid dienone is 2. The molecule has 0 fully saturated rings. The van der Waals surface area contributed by atoms with E-state index in [1.807, 2.05) is 6.07 Å². The molecule has 1 aromatic heterocycles. The fourth-order valence-electron chi connectivity index (χ4n) is 3.20. The van der Waals surface area contributed by atoms with Crippen LogP contribution in [0.1, 0.15) is 18.1 Å². The van der Waals surface area contributed by atoms with E-state index in [0.29, 0.717) is 0 Å². The first-order chi connectivity index (χ1) is 12.3. The van der Waals surface area contributed by atoms with Gasteiger partial charge in [0.05, 0.1) is 0 Å². The van der Waals surface area contributed by atoms with Crippen LogP contribution in [-0.4, -0.2) is 6.54 Å². The van der Waals surface area contributed by atoms with Crippen molar-refractivity contribution >= 4 is 17.3 Å². The first-order valence-electron chi connectivity index (χ1n) is 8.68. The lowest BCUT2D eigenvalue weighted by atomic mass is 9.98. The Labute approximate surface area is 149 Å². The van der Waals surface area contributed by atoms with Gasteiger partial charge in [-0.15, -0.1) is 0 Å². The van der Waals surface area contributed by atoms with E-state index in [9.17, 15) is 0 Å². The third-order valence-electron chi connectivity index (χ3n) is 4.53. The molecule has 0 aliphatic carbocycles. The highest BCUT2D eigenvalue weighted by atomic mass is 15.1. The molecule has 0 unspecified atom stereocenters. The lowest BCUT2D eigenvalue weighted by Crippen LogP contribution is -2.28. The van der Waals surface area contributed by atoms with Gasteiger partial charge in [0.1, 0.15) is 0 Å². The van der Waals surface area contributed by atoms with Crippen LogP contribution in [0.5, 0.6) is 0 Å². The van der Waals surface area contributed by atoms with Crippen molar-refractivity contribution in [3.63, 3.8) is 0 Å². The van der Waals surface area contributed by atoms with Gasteiger partial charge in [-0.2, -0.15) is 4.57 Å². The fraction of sp³-hybridized carbons (Fsp3) is 0.0870. The molecule has 0 spiro atoms. The topological polar surface area (TPSA) is 7.12 Å². The molecule has 0 amide bonds. The van der Waals surface area contributed by atoms with Crippen molar-refractivity contribution in [2.75, 3.05) is 11.4 Å². The molecule has 0 saturated heterocycles. The number of fused-ring (bicyclic) bond motifs is 1. The van der Waals surface area contributed by atoms with E-state index < -0.39 is 0 Å². The zero-order chi connectivity index (χ0) is 17.1. The molecule has 0 bridgehead atoms. The minimum Gasteiger partial charge on any atom is -0.348 e. The predicted molar refractivity (Wildman–Crippen MR) is 104 cm³/mol. The van der Waals surface area contributed by atoms with E-state index in [1.165, 1.54) is 28.1 Å². The standard InChI is InChI=1S/C23H21N2/c1-2-24-17-14-20(22-10-6-7-11-23(22)24)18-19-12-15-25(16-13-19)21-8-4-3-5-9-21/h3-18H,2H2,1H3/q+1. The van der Waals surface area contributed by atoms with Gasteiger partial charge in [0.15, 0.2) is 12.4 Å². The monoisotopic (exact) mass is 325 g/mol. The zero-order valence-electron chi connectivity index (χ0n) is 14.3. The molecular weight excluding hydrogens is 304 g/mol. The number of hydrogen-bond donors (Lipinski definition) is 0. The molecule has 122 valence electrons. The quantitative estimate of drug-likeness (QED) is 0.624. The summed E-state index contributed by atoms with van der Waals surface area (Å²) >= 11 is 0. The van der Waals surface area contributed by atoms with Crippen molar-refractivity contribution in [3.05, 3.63) is 103 Å². The van der Waals surface area contributed by atoms with E-state index in [0.717, 1.165) is 6.54 Å². The predicted octanol–water partition coefficient (Wildman–Crippen LogP) is 4.86. The second-order valence-electron chi connectivity index (χ2n) is 6.09. The highest BCUT2D eigenvalue weighted by Crippen LogP contribution is 2.33. The average molecular weight is 325 g/mol. The van der Waals surface area contributed by atoms with Crippen LogP contribution in [0.25, 0.3) is 17.3 Å². The summed E-state index contributed by atoms with van der Waals surface area (Å²) in [4.78, 5) is 2.28. The maximum atomic E-state index is 2.28. The number of nitrogens with zero attached hydrogens (tertiary/aromatic N) is 2. The van der Waals surface area contributed by atoms with Gasteiger partial charge < -0.3 is 4.90 Å². The normalized spacial score (nSPS) is 14.6. The van der Waals surface area contributed by atoms with Gasteiger partial charge in [-0.1, -0.05) is 36.4 Å². The third-order valence-corrected chi connectivity index (χ3v) is 4.53. The summed E-state index contributed by atoms with van der Waals surface area (Å²) in [5.74, 6) is 0. The van der Waals surface area contributed by atoms with Gasteiger partial charge >= 0.3 is 0 Å². The SMILES string of the molecule is CCN1C=CC(=Cc2cc[n+](-c3ccccc3)cc2)c2ccccc21. The lowest BCUT2D eigenvalue weighted by molar-refractivity contribution is -0.595. The summed E-state index contributed by atoms with van der Waals surface area (Å²) in [5, 5.41) is 0. The van der Waals surface area contributed by atoms with Crippen molar-refractivity contribution in [3.8, 4) is 5.69 Å². The Balaban J connectivity index is 1.67. The molecule has 2 heterocycles. The van der Waals surface area contributed by atoms with Crippen LogP contribution in [-0.2, 0) is 0 Å². The van der Waals surface area contributed by atoms with E-state index in [-0.39, 0.29) is 0 Å². The fourth-order valence-corrected chi connectivity index (χ4v) is 3.20. The Kier molecular flexibility index (Phi) is 4.17. The third kappa shape index (κ3) is 3.11. The van der Waals surface area contributed by atoms with Gasteiger partial charge in [0, 0.05) is 48.3 Å². The smallest absolute Gasteiger partial charge is 0.210 e. The highest BCUT2D eigenvalue weighted by Gasteiger charge is 2.14. The Morgan fingerprint density at radius 2 is 1.60 bits per heavy atom. The Bertz CT molecular complexity index is 922. The van der Waals surface area contributed by atoms with Crippen LogP contribution in [0.15, 0.2) is 91.4 Å². The van der Waals surface area contributed by atoms with E-state index in [4.69, 9.17) is 0 Å². The van der Waals surface area contributed by atoms with Crippen LogP contribution in [0, 0.1) is 0 Å². The second-order valence-corrected chi connectivity index (χ2v) is 6.09. The Morgan fingerprint density at radius 3 is 2.36 bits per heavy atom. The number of hydrogen-bond acceptors (Lipinski definition) is 1. The largest absolute Gasteiger partial charge is 0.348 e. The number of rotatable bonds is 3. The molecule has 0 N–H and O–H groups in total. The molecule has 1 aliphatic heterocycles. The van der Waals surface area contributed by atoms with Crippen LogP contribution in [0.3, 0.4) is 0 Å². The molecule has 2 heteroatoms. The van der Waals surface area contributed by atoms with Crippen LogP contribution < -0.4 is 9.47 Å². The molecule has 0 saturated carbocycles. The van der Waals surface area contributed by atoms with Crippen molar-refractivity contribution in [1.29, 1.82) is 0 Å². The van der Waals surface area contributed by atoms with Gasteiger partial charge in [0.25, 0.3) is 0 Å². The van der Waals surface area contributed by atoms with Crippen LogP contribution in [0.4, 0.5) is 5.69 Å². The van der Waals surface area contributed by atoms with Gasteiger partial charge in [-0.3, -0.25) is 0 Å². The first kappa shape index (κ1) is 15.4. The molecule has 25 heavy (non-hydrogen) atoms. The molecule has 1 aliphatic rings. The van der Waals surface area contributed by atoms with Crippen LogP contribution >= 0.6 is 0 Å². The van der Waals surface area contributed by atoms with Crippen molar-refractivity contribution in [2.45, 2.75) is 6.92 Å². The van der Waals surface area contributed by atoms with Gasteiger partial charge in [-0.25, -0.2) is 0 Å². The number of anilines is 1. The van der Waals surface area contributed by atoms with Gasteiger partial charge in [-0.05, 0) is 36.3 Å². The maximum absolute atomic E-state index is 2.28. The minimum absolute atomic E-state index is 0.975. The lowest BCUT2D eigenvalue weighted by Gasteiger charge is -2.26. The molecule has 2 nitrogen and oxygen atoms in total. The van der Waals surface area contributed by atoms with Crippen molar-refractivity contribution in [1.82, 2.24) is 0 Å². The molecule has 3 aromatic rings. The van der Waals surface area contributed by atoms with E-state index in [2.05, 4.69) is 108 Å². The number of aromatic nitrogens is 1. The van der Waals surface area contributed by atoms with Crippen molar-refractivity contribution in [2.24, 2.45) is 0 Å². The summed E-state index contributed by atoms with van der Waals surface area (Å²) in [6.07, 6.45) is 10.8. The second kappa shape index (κ2) is 6.78. The van der Waals surface area contributed by atoms with E-state index in [1.54, 1.807) is 0 Å². The van der Waals surface area contributed by atoms with Gasteiger partial charge in [0.2, 0.25) is 5.69 Å². The van der Waals surface area contributed by atoms with Crippen LogP contribution in [0.2, 0.25) is 0 Å². The summed E-state index contributed by atoms with van der Waals surface area (Å²) in [5.41, 5.74) is 6.17. The molecule has 0 radical (unpaired) electrons. The molecule has 2 aromatic carbocycles. The molecule has 0 atom stereocenters. The minimum atomic E-state index is 0.975. The number of benzene rings is 2. The number of para-hydroxylation sites is 2. The summed E-state index contributed by atoms with van der Waals surface area (Å²) in [6.45, 7) is 3.15. The summed E-state index contributed by atoms with van der Waals surface area (Å²) < 4.78 is 2.13. The summed E-state index contributed by atoms with van der Waals surface area (Å²) in [7, 11) is 0. The molecular formula is C23H21N2+. The first-order valence-corrected chi connectivity index (χ1v) is 8.68. The Morgan fingerprint density at radius 1 is 0.880 bits per heavy atom. The van der Waals surface area contributed by atoms with E-state index >= 15 is 0 Å².